The fourth-order valence-electron chi connectivity index (χ4n) is 2.94. The summed E-state index contributed by atoms with van der Waals surface area (Å²) >= 11 is 3.60. The van der Waals surface area contributed by atoms with Crippen molar-refractivity contribution in [2.24, 2.45) is 5.41 Å². The molecule has 3 nitrogen and oxygen atoms in total. The Bertz CT molecular complexity index is 456. The van der Waals surface area contributed by atoms with E-state index < -0.39 is 0 Å². The maximum absolute atomic E-state index is 5.36. The van der Waals surface area contributed by atoms with Gasteiger partial charge in [-0.05, 0) is 36.0 Å². The van der Waals surface area contributed by atoms with Gasteiger partial charge in [-0.2, -0.15) is 0 Å². The maximum atomic E-state index is 5.36. The van der Waals surface area contributed by atoms with Crippen LogP contribution in [0.1, 0.15) is 38.2 Å². The third kappa shape index (κ3) is 3.67. The number of nitrogens with one attached hydrogen (secondary N) is 1. The van der Waals surface area contributed by atoms with Gasteiger partial charge in [0.25, 0.3) is 0 Å². The molecule has 0 unspecified atom stereocenters. The van der Waals surface area contributed by atoms with Crippen molar-refractivity contribution in [2.45, 2.75) is 39.2 Å². The van der Waals surface area contributed by atoms with Gasteiger partial charge >= 0.3 is 0 Å². The highest BCUT2D eigenvalue weighted by Gasteiger charge is 2.27. The molecule has 112 valence electrons. The van der Waals surface area contributed by atoms with Crippen molar-refractivity contribution in [3.8, 4) is 11.5 Å². The van der Waals surface area contributed by atoms with Crippen LogP contribution in [0.2, 0.25) is 0 Å². The van der Waals surface area contributed by atoms with E-state index in [4.69, 9.17) is 9.47 Å². The van der Waals surface area contributed by atoms with Crippen molar-refractivity contribution in [1.29, 1.82) is 0 Å². The first kappa shape index (κ1) is 15.6. The van der Waals surface area contributed by atoms with Crippen molar-refractivity contribution in [3.05, 3.63) is 22.2 Å². The minimum absolute atomic E-state index is 0.475. The van der Waals surface area contributed by atoms with Crippen molar-refractivity contribution in [2.75, 3.05) is 20.8 Å². The Morgan fingerprint density at radius 2 is 1.75 bits per heavy atom. The Morgan fingerprint density at radius 1 is 1.15 bits per heavy atom. The SMILES string of the molecule is COc1cc(Br)c(CNCC2(C)CCCC2)cc1OC. The molecule has 0 bridgehead atoms. The summed E-state index contributed by atoms with van der Waals surface area (Å²) in [4.78, 5) is 0. The third-order valence-electron chi connectivity index (χ3n) is 4.23. The zero-order valence-electron chi connectivity index (χ0n) is 12.6. The Labute approximate surface area is 130 Å². The van der Waals surface area contributed by atoms with E-state index in [0.29, 0.717) is 5.41 Å². The molecule has 2 rings (SSSR count). The van der Waals surface area contributed by atoms with E-state index in [2.05, 4.69) is 28.2 Å². The highest BCUT2D eigenvalue weighted by Crippen LogP contribution is 2.37. The summed E-state index contributed by atoms with van der Waals surface area (Å²) < 4.78 is 11.7. The molecule has 4 heteroatoms. The van der Waals surface area contributed by atoms with Crippen LogP contribution in [0.3, 0.4) is 0 Å². The molecule has 0 heterocycles. The van der Waals surface area contributed by atoms with E-state index in [-0.39, 0.29) is 0 Å². The summed E-state index contributed by atoms with van der Waals surface area (Å²) in [5, 5.41) is 3.59. The Kier molecular flexibility index (Phi) is 5.33. The van der Waals surface area contributed by atoms with Gasteiger partial charge in [0.1, 0.15) is 0 Å². The largest absolute Gasteiger partial charge is 0.493 e. The van der Waals surface area contributed by atoms with Crippen LogP contribution in [-0.2, 0) is 6.54 Å². The topological polar surface area (TPSA) is 30.5 Å². The molecule has 0 aromatic heterocycles. The van der Waals surface area contributed by atoms with Crippen molar-refractivity contribution in [3.63, 3.8) is 0 Å². The maximum Gasteiger partial charge on any atom is 0.161 e. The van der Waals surface area contributed by atoms with Crippen LogP contribution in [0.4, 0.5) is 0 Å². The molecule has 0 aliphatic heterocycles. The van der Waals surface area contributed by atoms with Gasteiger partial charge in [-0.3, -0.25) is 0 Å². The van der Waals surface area contributed by atoms with E-state index in [1.54, 1.807) is 14.2 Å². The summed E-state index contributed by atoms with van der Waals surface area (Å²) in [6, 6.07) is 4.00. The monoisotopic (exact) mass is 341 g/mol. The molecule has 20 heavy (non-hydrogen) atoms. The number of hydrogen-bond acceptors (Lipinski definition) is 3. The number of rotatable bonds is 6. The van der Waals surface area contributed by atoms with E-state index in [1.807, 2.05) is 12.1 Å². The second-order valence-electron chi connectivity index (χ2n) is 5.92. The summed E-state index contributed by atoms with van der Waals surface area (Å²) in [5.74, 6) is 1.53. The van der Waals surface area contributed by atoms with E-state index in [0.717, 1.165) is 29.1 Å². The van der Waals surface area contributed by atoms with Gasteiger partial charge < -0.3 is 14.8 Å². The Hall–Kier alpha value is -0.740. The molecule has 1 fully saturated rings. The van der Waals surface area contributed by atoms with Crippen LogP contribution in [0.5, 0.6) is 11.5 Å². The third-order valence-corrected chi connectivity index (χ3v) is 4.97. The molecule has 1 aliphatic carbocycles. The second-order valence-corrected chi connectivity index (χ2v) is 6.77. The Balaban J connectivity index is 1.98. The van der Waals surface area contributed by atoms with Gasteiger partial charge in [-0.1, -0.05) is 35.7 Å². The van der Waals surface area contributed by atoms with Gasteiger partial charge in [0.15, 0.2) is 11.5 Å². The van der Waals surface area contributed by atoms with Crippen molar-refractivity contribution in [1.82, 2.24) is 5.32 Å². The molecule has 0 amide bonds. The molecule has 1 aromatic carbocycles. The lowest BCUT2D eigenvalue weighted by Gasteiger charge is -2.24. The predicted octanol–water partition coefficient (Wildman–Crippen LogP) is 4.14. The molecule has 1 saturated carbocycles. The minimum Gasteiger partial charge on any atom is -0.493 e. The fourth-order valence-corrected chi connectivity index (χ4v) is 3.40. The van der Waals surface area contributed by atoms with Crippen LogP contribution in [0, 0.1) is 5.41 Å². The number of methoxy groups -OCH3 is 2. The van der Waals surface area contributed by atoms with Gasteiger partial charge in [0, 0.05) is 17.6 Å². The van der Waals surface area contributed by atoms with Gasteiger partial charge in [-0.15, -0.1) is 0 Å². The molecule has 1 aliphatic rings. The average Bonchev–Trinajstić information content (AvgIpc) is 2.87. The van der Waals surface area contributed by atoms with Gasteiger partial charge in [-0.25, -0.2) is 0 Å². The van der Waals surface area contributed by atoms with E-state index in [9.17, 15) is 0 Å². The summed E-state index contributed by atoms with van der Waals surface area (Å²) in [7, 11) is 3.33. The van der Waals surface area contributed by atoms with Crippen molar-refractivity contribution >= 4 is 15.9 Å². The molecule has 1 N–H and O–H groups in total. The normalized spacial score (nSPS) is 17.2. The zero-order chi connectivity index (χ0) is 14.6. The van der Waals surface area contributed by atoms with Crippen LogP contribution < -0.4 is 14.8 Å². The molecular formula is C16H24BrNO2. The van der Waals surface area contributed by atoms with Crippen LogP contribution in [0.25, 0.3) is 0 Å². The minimum atomic E-state index is 0.475. The fraction of sp³-hybridized carbons (Fsp3) is 0.625. The summed E-state index contributed by atoms with van der Waals surface area (Å²) in [5.41, 5.74) is 1.67. The van der Waals surface area contributed by atoms with Crippen LogP contribution in [-0.4, -0.2) is 20.8 Å². The molecule has 0 saturated heterocycles. The number of benzene rings is 1. The summed E-state index contributed by atoms with van der Waals surface area (Å²) in [6.07, 6.45) is 5.43. The first-order valence-corrected chi connectivity index (χ1v) is 7.98. The molecule has 0 radical (unpaired) electrons. The highest BCUT2D eigenvalue weighted by atomic mass is 79.9. The quantitative estimate of drug-likeness (QED) is 0.843. The number of ether oxygens (including phenoxy) is 2. The summed E-state index contributed by atoms with van der Waals surface area (Å²) in [6.45, 7) is 4.31. The van der Waals surface area contributed by atoms with E-state index >= 15 is 0 Å². The highest BCUT2D eigenvalue weighted by molar-refractivity contribution is 9.10. The van der Waals surface area contributed by atoms with Gasteiger partial charge in [0.2, 0.25) is 0 Å². The predicted molar refractivity (Wildman–Crippen MR) is 85.5 cm³/mol. The smallest absolute Gasteiger partial charge is 0.161 e. The average molecular weight is 342 g/mol. The van der Waals surface area contributed by atoms with Crippen molar-refractivity contribution < 1.29 is 9.47 Å². The first-order chi connectivity index (χ1) is 9.58. The van der Waals surface area contributed by atoms with Gasteiger partial charge in [0.05, 0.1) is 14.2 Å². The standard InChI is InChI=1S/C16H24BrNO2/c1-16(6-4-5-7-16)11-18-10-12-8-14(19-2)15(20-3)9-13(12)17/h8-9,18H,4-7,10-11H2,1-3H3. The lowest BCUT2D eigenvalue weighted by Crippen LogP contribution is -2.29. The lowest BCUT2D eigenvalue weighted by molar-refractivity contribution is 0.314. The molecular weight excluding hydrogens is 318 g/mol. The lowest BCUT2D eigenvalue weighted by atomic mass is 9.89. The molecule has 1 aromatic rings. The first-order valence-electron chi connectivity index (χ1n) is 7.19. The van der Waals surface area contributed by atoms with Crippen LogP contribution >= 0.6 is 15.9 Å². The number of halogens is 1. The second kappa shape index (κ2) is 6.81. The molecule has 0 spiro atoms. The molecule has 0 atom stereocenters. The number of hydrogen-bond donors (Lipinski definition) is 1. The zero-order valence-corrected chi connectivity index (χ0v) is 14.2. The Morgan fingerprint density at radius 3 is 2.35 bits per heavy atom. The van der Waals surface area contributed by atoms with E-state index in [1.165, 1.54) is 31.2 Å². The van der Waals surface area contributed by atoms with Crippen LogP contribution in [0.15, 0.2) is 16.6 Å².